The first-order chi connectivity index (χ1) is 10.9. The minimum Gasteiger partial charge on any atom is -0.300 e. The number of hydrogen-bond acceptors (Lipinski definition) is 6. The Kier molecular flexibility index (Phi) is 6.09. The summed E-state index contributed by atoms with van der Waals surface area (Å²) in [5.41, 5.74) is 0. The summed E-state index contributed by atoms with van der Waals surface area (Å²) in [6, 6.07) is 5.69. The molecule has 0 radical (unpaired) electrons. The van der Waals surface area contributed by atoms with E-state index in [1.54, 1.807) is 0 Å². The first kappa shape index (κ1) is 17.8. The van der Waals surface area contributed by atoms with E-state index in [0.29, 0.717) is 10.2 Å². The van der Waals surface area contributed by atoms with Crippen LogP contribution in [0.4, 0.5) is 5.13 Å². The van der Waals surface area contributed by atoms with Crippen molar-refractivity contribution < 1.29 is 13.2 Å². The van der Waals surface area contributed by atoms with E-state index < -0.39 is 21.5 Å². The first-order valence-corrected chi connectivity index (χ1v) is 9.86. The second-order valence-electron chi connectivity index (χ2n) is 4.87. The molecule has 0 fully saturated rings. The zero-order valence-electron chi connectivity index (χ0n) is 12.5. The van der Waals surface area contributed by atoms with Gasteiger partial charge in [-0.15, -0.1) is 10.2 Å². The lowest BCUT2D eigenvalue weighted by Gasteiger charge is -2.04. The predicted molar refractivity (Wildman–Crippen MR) is 90.7 cm³/mol. The van der Waals surface area contributed by atoms with Gasteiger partial charge in [0.05, 0.1) is 4.90 Å². The molecule has 0 unspecified atom stereocenters. The zero-order valence-corrected chi connectivity index (χ0v) is 14.8. The van der Waals surface area contributed by atoms with Gasteiger partial charge in [0.1, 0.15) is 10.8 Å². The van der Waals surface area contributed by atoms with Gasteiger partial charge in [0, 0.05) is 11.4 Å². The number of carbonyl (C=O) groups excluding carboxylic acids is 1. The van der Waals surface area contributed by atoms with Crippen LogP contribution in [0.1, 0.15) is 24.8 Å². The molecule has 0 aliphatic heterocycles. The highest BCUT2D eigenvalue weighted by molar-refractivity contribution is 7.92. The van der Waals surface area contributed by atoms with Crippen LogP contribution in [0.25, 0.3) is 0 Å². The minimum atomic E-state index is -3.72. The van der Waals surface area contributed by atoms with Crippen LogP contribution in [0.5, 0.6) is 0 Å². The first-order valence-electron chi connectivity index (χ1n) is 7.01. The topological polar surface area (TPSA) is 89.0 Å². The average Bonchev–Trinajstić information content (AvgIpc) is 2.92. The Morgan fingerprint density at radius 1 is 1.26 bits per heavy atom. The van der Waals surface area contributed by atoms with Crippen LogP contribution in [0.3, 0.4) is 0 Å². The SMILES string of the molecule is CCCCc1nnc(NC(=O)CS(=O)(=O)c2ccc(Cl)cc2)s1. The number of anilines is 1. The lowest BCUT2D eigenvalue weighted by molar-refractivity contribution is -0.113. The van der Waals surface area contributed by atoms with Crippen molar-refractivity contribution in [3.05, 3.63) is 34.3 Å². The zero-order chi connectivity index (χ0) is 16.9. The standard InChI is InChI=1S/C14H16ClN3O3S2/c1-2-3-4-13-17-18-14(22-13)16-12(19)9-23(20,21)11-7-5-10(15)6-8-11/h5-8H,2-4,9H2,1H3,(H,16,18,19). The second-order valence-corrected chi connectivity index (χ2v) is 8.35. The van der Waals surface area contributed by atoms with Crippen molar-refractivity contribution in [2.75, 3.05) is 11.1 Å². The largest absolute Gasteiger partial charge is 0.300 e. The predicted octanol–water partition coefficient (Wildman–Crippen LogP) is 2.95. The van der Waals surface area contributed by atoms with Crippen molar-refractivity contribution >= 4 is 43.8 Å². The third-order valence-corrected chi connectivity index (χ3v) is 5.73. The highest BCUT2D eigenvalue weighted by atomic mass is 35.5. The maximum Gasteiger partial charge on any atom is 0.241 e. The summed E-state index contributed by atoms with van der Waals surface area (Å²) in [6.45, 7) is 2.07. The number of aromatic nitrogens is 2. The molecule has 0 aliphatic rings. The Labute approximate surface area is 143 Å². The van der Waals surface area contributed by atoms with E-state index >= 15 is 0 Å². The molecule has 1 N–H and O–H groups in total. The van der Waals surface area contributed by atoms with Crippen LogP contribution in [-0.4, -0.2) is 30.3 Å². The number of unbranched alkanes of at least 4 members (excludes halogenated alkanes) is 1. The fourth-order valence-electron chi connectivity index (χ4n) is 1.79. The maximum atomic E-state index is 12.2. The summed E-state index contributed by atoms with van der Waals surface area (Å²) in [5.74, 6) is -1.29. The summed E-state index contributed by atoms with van der Waals surface area (Å²) in [7, 11) is -3.72. The number of amides is 1. The van der Waals surface area contributed by atoms with Crippen LogP contribution in [0, 0.1) is 0 Å². The van der Waals surface area contributed by atoms with Gasteiger partial charge < -0.3 is 0 Å². The summed E-state index contributed by atoms with van der Waals surface area (Å²) in [4.78, 5) is 12.0. The van der Waals surface area contributed by atoms with Crippen molar-refractivity contribution in [1.82, 2.24) is 10.2 Å². The van der Waals surface area contributed by atoms with Crippen molar-refractivity contribution in [2.24, 2.45) is 0 Å². The number of carbonyl (C=O) groups is 1. The molecule has 0 spiro atoms. The summed E-state index contributed by atoms with van der Waals surface area (Å²) in [5, 5.41) is 11.9. The summed E-state index contributed by atoms with van der Waals surface area (Å²) >= 11 is 6.98. The van der Waals surface area contributed by atoms with Gasteiger partial charge in [-0.1, -0.05) is 36.3 Å². The number of halogens is 1. The lowest BCUT2D eigenvalue weighted by atomic mass is 10.3. The molecule has 9 heteroatoms. The highest BCUT2D eigenvalue weighted by Gasteiger charge is 2.20. The lowest BCUT2D eigenvalue weighted by Crippen LogP contribution is -2.22. The van der Waals surface area contributed by atoms with Crippen molar-refractivity contribution in [2.45, 2.75) is 31.1 Å². The quantitative estimate of drug-likeness (QED) is 0.805. The number of aryl methyl sites for hydroxylation is 1. The molecule has 2 rings (SSSR count). The molecule has 1 aromatic carbocycles. The van der Waals surface area contributed by atoms with Gasteiger partial charge in [-0.05, 0) is 30.7 Å². The summed E-state index contributed by atoms with van der Waals surface area (Å²) < 4.78 is 24.3. The Balaban J connectivity index is 1.98. The van der Waals surface area contributed by atoms with Crippen LogP contribution in [-0.2, 0) is 21.1 Å². The van der Waals surface area contributed by atoms with Gasteiger partial charge in [0.15, 0.2) is 9.84 Å². The molecule has 0 atom stereocenters. The van der Waals surface area contributed by atoms with Gasteiger partial charge in [-0.2, -0.15) is 0 Å². The van der Waals surface area contributed by atoms with E-state index in [0.717, 1.165) is 24.3 Å². The van der Waals surface area contributed by atoms with Crippen LogP contribution >= 0.6 is 22.9 Å². The second kappa shape index (κ2) is 7.85. The third-order valence-electron chi connectivity index (χ3n) is 2.95. The van der Waals surface area contributed by atoms with Crippen LogP contribution in [0.15, 0.2) is 29.2 Å². The molecule has 0 saturated heterocycles. The van der Waals surface area contributed by atoms with E-state index in [9.17, 15) is 13.2 Å². The van der Waals surface area contributed by atoms with Crippen LogP contribution < -0.4 is 5.32 Å². The molecule has 0 saturated carbocycles. The van der Waals surface area contributed by atoms with Gasteiger partial charge in [0.2, 0.25) is 11.0 Å². The highest BCUT2D eigenvalue weighted by Crippen LogP contribution is 2.18. The van der Waals surface area contributed by atoms with Gasteiger partial charge in [0.25, 0.3) is 0 Å². The molecule has 1 amide bonds. The average molecular weight is 374 g/mol. The molecular weight excluding hydrogens is 358 g/mol. The van der Waals surface area contributed by atoms with E-state index in [1.807, 2.05) is 0 Å². The van der Waals surface area contributed by atoms with Crippen LogP contribution in [0.2, 0.25) is 5.02 Å². The molecule has 0 aliphatic carbocycles. The number of sulfone groups is 1. The number of nitrogens with one attached hydrogen (secondary N) is 1. The van der Waals surface area contributed by atoms with Crippen molar-refractivity contribution in [1.29, 1.82) is 0 Å². The van der Waals surface area contributed by atoms with Gasteiger partial charge >= 0.3 is 0 Å². The van der Waals surface area contributed by atoms with Crippen molar-refractivity contribution in [3.8, 4) is 0 Å². The fourth-order valence-corrected chi connectivity index (χ4v) is 3.84. The monoisotopic (exact) mass is 373 g/mol. The number of benzene rings is 1. The van der Waals surface area contributed by atoms with E-state index in [1.165, 1.54) is 35.6 Å². The number of nitrogens with zero attached hydrogens (tertiary/aromatic N) is 2. The third kappa shape index (κ3) is 5.26. The summed E-state index contributed by atoms with van der Waals surface area (Å²) in [6.07, 6.45) is 2.83. The molecule has 1 heterocycles. The Bertz CT molecular complexity index is 773. The van der Waals surface area contributed by atoms with E-state index in [-0.39, 0.29) is 4.90 Å². The molecule has 2 aromatic rings. The smallest absolute Gasteiger partial charge is 0.241 e. The molecule has 0 bridgehead atoms. The molecule has 124 valence electrons. The molecule has 6 nitrogen and oxygen atoms in total. The molecule has 1 aromatic heterocycles. The normalized spacial score (nSPS) is 11.4. The number of rotatable bonds is 7. The van der Waals surface area contributed by atoms with Crippen molar-refractivity contribution in [3.63, 3.8) is 0 Å². The van der Waals surface area contributed by atoms with E-state index in [4.69, 9.17) is 11.6 Å². The Morgan fingerprint density at radius 3 is 2.61 bits per heavy atom. The maximum absolute atomic E-state index is 12.2. The minimum absolute atomic E-state index is 0.0537. The van der Waals surface area contributed by atoms with E-state index in [2.05, 4.69) is 22.4 Å². The molecule has 23 heavy (non-hydrogen) atoms. The fraction of sp³-hybridized carbons (Fsp3) is 0.357. The Hall–Kier alpha value is -1.51. The van der Waals surface area contributed by atoms with Gasteiger partial charge in [-0.25, -0.2) is 8.42 Å². The van der Waals surface area contributed by atoms with Gasteiger partial charge in [-0.3, -0.25) is 10.1 Å². The Morgan fingerprint density at radius 2 is 1.96 bits per heavy atom. The molecular formula is C14H16ClN3O3S2. The number of hydrogen-bond donors (Lipinski definition) is 1.